The molecule has 3 N–H and O–H groups in total. The van der Waals surface area contributed by atoms with Crippen LogP contribution < -0.4 is 11.2 Å². The number of benzene rings is 1. The number of halogens is 1. The number of nitrogens with two attached hydrogens (primary N) is 1. The van der Waals surface area contributed by atoms with Crippen molar-refractivity contribution in [2.24, 2.45) is 0 Å². The molecule has 0 bridgehead atoms. The van der Waals surface area contributed by atoms with Crippen LogP contribution in [-0.4, -0.2) is 43.1 Å². The summed E-state index contributed by atoms with van der Waals surface area (Å²) in [5, 5.41) is 2.06. The zero-order valence-electron chi connectivity index (χ0n) is 9.41. The summed E-state index contributed by atoms with van der Waals surface area (Å²) in [6.07, 6.45) is 0. The molecule has 4 nitrogen and oxygen atoms in total. The van der Waals surface area contributed by atoms with Crippen LogP contribution in [0.25, 0.3) is 0 Å². The van der Waals surface area contributed by atoms with Gasteiger partial charge < -0.3 is 16.1 Å². The van der Waals surface area contributed by atoms with Crippen molar-refractivity contribution in [1.29, 1.82) is 0 Å². The maximum absolute atomic E-state index is 13.0. The quantitative estimate of drug-likeness (QED) is 0.735. The van der Waals surface area contributed by atoms with Gasteiger partial charge in [0, 0.05) is 32.2 Å². The Morgan fingerprint density at radius 3 is 2.62 bits per heavy atom. The maximum Gasteiger partial charge on any atom is 0.125 e. The minimum absolute atomic E-state index is 0.272. The molecule has 0 atom stereocenters. The molecule has 0 amide bonds. The molecule has 1 heterocycles. The van der Waals surface area contributed by atoms with E-state index in [1.54, 1.807) is 6.07 Å². The Kier molecular flexibility index (Phi) is 3.26. The fourth-order valence-corrected chi connectivity index (χ4v) is 1.71. The number of nitrogens with one attached hydrogen (secondary N) is 1. The van der Waals surface area contributed by atoms with Gasteiger partial charge in [-0.2, -0.15) is 0 Å². The highest BCUT2D eigenvalue weighted by Gasteiger charge is 2.14. The van der Waals surface area contributed by atoms with Crippen LogP contribution in [0.4, 0.5) is 15.8 Å². The molecular formula is C11H17FN4. The van der Waals surface area contributed by atoms with Crippen LogP contribution in [0.5, 0.6) is 0 Å². The highest BCUT2D eigenvalue weighted by atomic mass is 19.1. The number of rotatable bonds is 2. The Hall–Kier alpha value is -1.33. The lowest BCUT2D eigenvalue weighted by Gasteiger charge is -2.33. The van der Waals surface area contributed by atoms with E-state index in [4.69, 9.17) is 5.73 Å². The van der Waals surface area contributed by atoms with Crippen LogP contribution in [0.3, 0.4) is 0 Å². The largest absolute Gasteiger partial charge is 0.397 e. The van der Waals surface area contributed by atoms with Gasteiger partial charge in [-0.05, 0) is 19.2 Å². The van der Waals surface area contributed by atoms with E-state index in [2.05, 4.69) is 22.4 Å². The Bertz CT molecular complexity index is 361. The summed E-state index contributed by atoms with van der Waals surface area (Å²) < 4.78 is 13.0. The molecule has 0 aliphatic carbocycles. The molecule has 1 fully saturated rings. The summed E-state index contributed by atoms with van der Waals surface area (Å²) in [5.41, 5.74) is 10.1. The van der Waals surface area contributed by atoms with Crippen molar-refractivity contribution >= 4 is 11.4 Å². The Morgan fingerprint density at radius 2 is 1.94 bits per heavy atom. The summed E-state index contributed by atoms with van der Waals surface area (Å²) >= 11 is 0. The van der Waals surface area contributed by atoms with Crippen LogP contribution in [0, 0.1) is 5.82 Å². The third-order valence-electron chi connectivity index (χ3n) is 2.80. The standard InChI is InChI=1S/C11H17FN4/c1-15-4-6-16(7-5-15)14-11-8-9(12)2-3-10(11)13/h2-3,8,14H,4-7,13H2,1H3. The number of likely N-dealkylation sites (N-methyl/N-ethyl adjacent to an activating group) is 1. The number of hydrogen-bond acceptors (Lipinski definition) is 4. The number of hydrogen-bond donors (Lipinski definition) is 2. The highest BCUT2D eigenvalue weighted by molar-refractivity contribution is 5.65. The summed E-state index contributed by atoms with van der Waals surface area (Å²) in [6.45, 7) is 3.82. The smallest absolute Gasteiger partial charge is 0.125 e. The molecule has 1 aromatic rings. The van der Waals surface area contributed by atoms with E-state index in [1.165, 1.54) is 12.1 Å². The van der Waals surface area contributed by atoms with Crippen molar-refractivity contribution in [3.05, 3.63) is 24.0 Å². The van der Waals surface area contributed by atoms with Crippen molar-refractivity contribution in [1.82, 2.24) is 9.91 Å². The minimum Gasteiger partial charge on any atom is -0.397 e. The summed E-state index contributed by atoms with van der Waals surface area (Å²) in [7, 11) is 2.09. The zero-order valence-corrected chi connectivity index (χ0v) is 9.41. The van der Waals surface area contributed by atoms with Gasteiger partial charge in [0.25, 0.3) is 0 Å². The van der Waals surface area contributed by atoms with Crippen molar-refractivity contribution in [2.45, 2.75) is 0 Å². The van der Waals surface area contributed by atoms with Gasteiger partial charge in [0.2, 0.25) is 0 Å². The molecule has 5 heteroatoms. The van der Waals surface area contributed by atoms with Gasteiger partial charge in [-0.15, -0.1) is 0 Å². The van der Waals surface area contributed by atoms with E-state index < -0.39 is 0 Å². The van der Waals surface area contributed by atoms with Gasteiger partial charge in [-0.1, -0.05) is 0 Å². The molecule has 0 saturated carbocycles. The molecule has 0 spiro atoms. The highest BCUT2D eigenvalue weighted by Crippen LogP contribution is 2.20. The van der Waals surface area contributed by atoms with Gasteiger partial charge in [-0.3, -0.25) is 0 Å². The number of nitrogens with zero attached hydrogens (tertiary/aromatic N) is 2. The van der Waals surface area contributed by atoms with E-state index in [-0.39, 0.29) is 5.82 Å². The second-order valence-corrected chi connectivity index (χ2v) is 4.13. The van der Waals surface area contributed by atoms with Gasteiger partial charge >= 0.3 is 0 Å². The Morgan fingerprint density at radius 1 is 1.25 bits per heavy atom. The molecule has 0 radical (unpaired) electrons. The van der Waals surface area contributed by atoms with E-state index in [0.29, 0.717) is 11.4 Å². The van der Waals surface area contributed by atoms with Crippen molar-refractivity contribution in [2.75, 3.05) is 44.4 Å². The van der Waals surface area contributed by atoms with E-state index in [0.717, 1.165) is 26.2 Å². The van der Waals surface area contributed by atoms with Crippen molar-refractivity contribution in [3.63, 3.8) is 0 Å². The van der Waals surface area contributed by atoms with Crippen molar-refractivity contribution in [3.8, 4) is 0 Å². The fraction of sp³-hybridized carbons (Fsp3) is 0.455. The molecule has 0 aromatic heterocycles. The second kappa shape index (κ2) is 4.67. The zero-order chi connectivity index (χ0) is 11.5. The van der Waals surface area contributed by atoms with Gasteiger partial charge in [-0.25, -0.2) is 9.40 Å². The third kappa shape index (κ3) is 2.62. The molecule has 88 valence electrons. The Labute approximate surface area is 94.8 Å². The lowest BCUT2D eigenvalue weighted by atomic mass is 10.2. The monoisotopic (exact) mass is 224 g/mol. The topological polar surface area (TPSA) is 44.5 Å². The van der Waals surface area contributed by atoms with Crippen molar-refractivity contribution < 1.29 is 4.39 Å². The number of nitrogen functional groups attached to an aromatic ring is 1. The minimum atomic E-state index is -0.272. The van der Waals surface area contributed by atoms with Crippen LogP contribution in [0.1, 0.15) is 0 Å². The van der Waals surface area contributed by atoms with Crippen LogP contribution >= 0.6 is 0 Å². The first-order chi connectivity index (χ1) is 7.65. The van der Waals surface area contributed by atoms with Gasteiger partial charge in [0.15, 0.2) is 0 Å². The lowest BCUT2D eigenvalue weighted by Crippen LogP contribution is -2.47. The first-order valence-electron chi connectivity index (χ1n) is 5.40. The summed E-state index contributed by atoms with van der Waals surface area (Å²) in [4.78, 5) is 2.26. The molecule has 2 rings (SSSR count). The molecule has 0 unspecified atom stereocenters. The summed E-state index contributed by atoms with van der Waals surface area (Å²) in [5.74, 6) is -0.272. The number of hydrazine groups is 1. The van der Waals surface area contributed by atoms with Crippen LogP contribution in [0.15, 0.2) is 18.2 Å². The van der Waals surface area contributed by atoms with Crippen LogP contribution in [-0.2, 0) is 0 Å². The number of piperazine rings is 1. The predicted octanol–water partition coefficient (Wildman–Crippen LogP) is 0.982. The van der Waals surface area contributed by atoms with Gasteiger partial charge in [0.1, 0.15) is 5.82 Å². The van der Waals surface area contributed by atoms with E-state index in [9.17, 15) is 4.39 Å². The molecule has 1 aliphatic rings. The van der Waals surface area contributed by atoms with E-state index in [1.807, 2.05) is 0 Å². The van der Waals surface area contributed by atoms with Crippen LogP contribution in [0.2, 0.25) is 0 Å². The third-order valence-corrected chi connectivity index (χ3v) is 2.80. The second-order valence-electron chi connectivity index (χ2n) is 4.13. The molecule has 1 saturated heterocycles. The first-order valence-corrected chi connectivity index (χ1v) is 5.40. The average Bonchev–Trinajstić information content (AvgIpc) is 2.27. The van der Waals surface area contributed by atoms with E-state index >= 15 is 0 Å². The van der Waals surface area contributed by atoms with Gasteiger partial charge in [0.05, 0.1) is 11.4 Å². The first kappa shape index (κ1) is 11.2. The molecule has 1 aromatic carbocycles. The SMILES string of the molecule is CN1CCN(Nc2cc(F)ccc2N)CC1. The molecular weight excluding hydrogens is 207 g/mol. The normalized spacial score (nSPS) is 18.6. The lowest BCUT2D eigenvalue weighted by molar-refractivity contribution is 0.179. The summed E-state index contributed by atoms with van der Waals surface area (Å²) in [6, 6.07) is 4.37. The molecule has 1 aliphatic heterocycles. The number of anilines is 2. The Balaban J connectivity index is 2.00. The maximum atomic E-state index is 13.0. The molecule has 16 heavy (non-hydrogen) atoms. The predicted molar refractivity (Wildman–Crippen MR) is 63.5 cm³/mol. The fourth-order valence-electron chi connectivity index (χ4n) is 1.71. The average molecular weight is 224 g/mol.